The molecule has 0 saturated heterocycles. The minimum absolute atomic E-state index is 0.696. The predicted octanol–water partition coefficient (Wildman–Crippen LogP) is 3.12. The highest BCUT2D eigenvalue weighted by atomic mass is 15.3. The van der Waals surface area contributed by atoms with E-state index in [1.54, 1.807) is 0 Å². The van der Waals surface area contributed by atoms with Crippen molar-refractivity contribution in [1.82, 2.24) is 10.2 Å². The van der Waals surface area contributed by atoms with Gasteiger partial charge in [-0.2, -0.15) is 0 Å². The quantitative estimate of drug-likeness (QED) is 0.346. The molecule has 0 aliphatic carbocycles. The van der Waals surface area contributed by atoms with Gasteiger partial charge < -0.3 is 15.1 Å². The number of nitrogens with one attached hydrogen (secondary N) is 1. The summed E-state index contributed by atoms with van der Waals surface area (Å²) in [5.74, 6) is 0.961. The highest BCUT2D eigenvalue weighted by molar-refractivity contribution is 5.79. The Morgan fingerprint density at radius 2 is 1.91 bits per heavy atom. The topological polar surface area (TPSA) is 30.9 Å². The lowest BCUT2D eigenvalue weighted by molar-refractivity contribution is 0.470. The van der Waals surface area contributed by atoms with Crippen LogP contribution in [-0.2, 0) is 6.54 Å². The van der Waals surface area contributed by atoms with Crippen LogP contribution in [0, 0.1) is 0 Å². The SMILES string of the molecule is C=CCCCN(C)C(=NCc1ccc(N(C)C)cc1)NCC. The zero-order chi connectivity index (χ0) is 16.4. The summed E-state index contributed by atoms with van der Waals surface area (Å²) >= 11 is 0. The average Bonchev–Trinajstić information content (AvgIpc) is 2.52. The Bertz CT molecular complexity index is 462. The molecule has 0 bridgehead atoms. The predicted molar refractivity (Wildman–Crippen MR) is 97.6 cm³/mol. The van der Waals surface area contributed by atoms with E-state index in [0.717, 1.165) is 31.9 Å². The molecular formula is C18H30N4. The lowest BCUT2D eigenvalue weighted by Crippen LogP contribution is -2.39. The minimum Gasteiger partial charge on any atom is -0.378 e. The van der Waals surface area contributed by atoms with Crippen molar-refractivity contribution in [2.24, 2.45) is 4.99 Å². The number of rotatable bonds is 8. The first-order valence-corrected chi connectivity index (χ1v) is 7.95. The summed E-state index contributed by atoms with van der Waals surface area (Å²) in [5, 5.41) is 3.35. The van der Waals surface area contributed by atoms with Gasteiger partial charge in [0.1, 0.15) is 0 Å². The molecule has 122 valence electrons. The number of guanidine groups is 1. The molecule has 0 fully saturated rings. The molecule has 0 heterocycles. The van der Waals surface area contributed by atoms with Crippen molar-refractivity contribution in [3.63, 3.8) is 0 Å². The molecule has 0 unspecified atom stereocenters. The van der Waals surface area contributed by atoms with Gasteiger partial charge in [-0.1, -0.05) is 18.2 Å². The van der Waals surface area contributed by atoms with E-state index in [-0.39, 0.29) is 0 Å². The highest BCUT2D eigenvalue weighted by Gasteiger charge is 2.04. The standard InChI is InChI=1S/C18H30N4/c1-6-8-9-14-22(5)18(19-7-2)20-15-16-10-12-17(13-11-16)21(3)4/h6,10-13H,1,7-9,14-15H2,2-5H3,(H,19,20). The van der Waals surface area contributed by atoms with Crippen molar-refractivity contribution in [3.8, 4) is 0 Å². The van der Waals surface area contributed by atoms with Gasteiger partial charge >= 0.3 is 0 Å². The molecule has 0 amide bonds. The number of hydrogen-bond acceptors (Lipinski definition) is 2. The Morgan fingerprint density at radius 3 is 2.45 bits per heavy atom. The fourth-order valence-electron chi connectivity index (χ4n) is 2.11. The zero-order valence-electron chi connectivity index (χ0n) is 14.5. The molecule has 0 aliphatic rings. The van der Waals surface area contributed by atoms with Crippen LogP contribution in [0.1, 0.15) is 25.3 Å². The van der Waals surface area contributed by atoms with Crippen molar-refractivity contribution < 1.29 is 0 Å². The van der Waals surface area contributed by atoms with Crippen molar-refractivity contribution >= 4 is 11.6 Å². The monoisotopic (exact) mass is 302 g/mol. The fraction of sp³-hybridized carbons (Fsp3) is 0.500. The zero-order valence-corrected chi connectivity index (χ0v) is 14.5. The van der Waals surface area contributed by atoms with Crippen LogP contribution in [0.2, 0.25) is 0 Å². The van der Waals surface area contributed by atoms with Crippen molar-refractivity contribution in [2.45, 2.75) is 26.3 Å². The van der Waals surface area contributed by atoms with E-state index in [2.05, 4.69) is 74.0 Å². The lowest BCUT2D eigenvalue weighted by Gasteiger charge is -2.21. The van der Waals surface area contributed by atoms with Gasteiger partial charge in [0, 0.05) is 39.9 Å². The van der Waals surface area contributed by atoms with E-state index >= 15 is 0 Å². The van der Waals surface area contributed by atoms with Crippen molar-refractivity contribution in [2.75, 3.05) is 39.1 Å². The van der Waals surface area contributed by atoms with Gasteiger partial charge in [-0.25, -0.2) is 4.99 Å². The summed E-state index contributed by atoms with van der Waals surface area (Å²) < 4.78 is 0. The van der Waals surface area contributed by atoms with Crippen LogP contribution >= 0.6 is 0 Å². The normalized spacial score (nSPS) is 11.2. The Hall–Kier alpha value is -1.97. The van der Waals surface area contributed by atoms with Crippen LogP contribution in [0.15, 0.2) is 41.9 Å². The van der Waals surface area contributed by atoms with E-state index in [1.807, 2.05) is 6.08 Å². The van der Waals surface area contributed by atoms with Crippen molar-refractivity contribution in [1.29, 1.82) is 0 Å². The Morgan fingerprint density at radius 1 is 1.23 bits per heavy atom. The summed E-state index contributed by atoms with van der Waals surface area (Å²) in [6.07, 6.45) is 4.10. The van der Waals surface area contributed by atoms with Crippen LogP contribution in [0.5, 0.6) is 0 Å². The second-order valence-electron chi connectivity index (χ2n) is 5.58. The third-order valence-corrected chi connectivity index (χ3v) is 3.46. The molecule has 0 aliphatic heterocycles. The van der Waals surface area contributed by atoms with Gasteiger partial charge in [-0.3, -0.25) is 0 Å². The Kier molecular flexibility index (Phi) is 8.11. The van der Waals surface area contributed by atoms with Crippen LogP contribution in [0.4, 0.5) is 5.69 Å². The number of allylic oxidation sites excluding steroid dienone is 1. The van der Waals surface area contributed by atoms with E-state index in [4.69, 9.17) is 4.99 Å². The summed E-state index contributed by atoms with van der Waals surface area (Å²) in [5.41, 5.74) is 2.43. The summed E-state index contributed by atoms with van der Waals surface area (Å²) in [6.45, 7) is 8.42. The Balaban J connectivity index is 2.65. The highest BCUT2D eigenvalue weighted by Crippen LogP contribution is 2.12. The molecule has 4 heteroatoms. The van der Waals surface area contributed by atoms with Crippen LogP contribution in [0.25, 0.3) is 0 Å². The minimum atomic E-state index is 0.696. The molecule has 0 aromatic heterocycles. The van der Waals surface area contributed by atoms with E-state index < -0.39 is 0 Å². The van der Waals surface area contributed by atoms with Gasteiger partial charge in [-0.05, 0) is 37.5 Å². The van der Waals surface area contributed by atoms with Crippen LogP contribution < -0.4 is 10.2 Å². The maximum Gasteiger partial charge on any atom is 0.193 e. The van der Waals surface area contributed by atoms with Crippen molar-refractivity contribution in [3.05, 3.63) is 42.5 Å². The summed E-state index contributed by atoms with van der Waals surface area (Å²) in [7, 11) is 6.18. The molecule has 0 saturated carbocycles. The third kappa shape index (κ3) is 6.20. The molecule has 1 N–H and O–H groups in total. The molecule has 22 heavy (non-hydrogen) atoms. The van der Waals surface area contributed by atoms with Crippen LogP contribution in [-0.4, -0.2) is 45.1 Å². The van der Waals surface area contributed by atoms with Gasteiger partial charge in [0.15, 0.2) is 5.96 Å². The summed E-state index contributed by atoms with van der Waals surface area (Å²) in [6, 6.07) is 8.54. The second kappa shape index (κ2) is 9.87. The number of anilines is 1. The maximum absolute atomic E-state index is 4.73. The van der Waals surface area contributed by atoms with Gasteiger partial charge in [-0.15, -0.1) is 6.58 Å². The molecule has 0 spiro atoms. The number of unbranched alkanes of at least 4 members (excludes halogenated alkanes) is 1. The first-order chi connectivity index (χ1) is 10.6. The second-order valence-corrected chi connectivity index (χ2v) is 5.58. The third-order valence-electron chi connectivity index (χ3n) is 3.46. The fourth-order valence-corrected chi connectivity index (χ4v) is 2.11. The molecule has 1 aromatic carbocycles. The van der Waals surface area contributed by atoms with Gasteiger partial charge in [0.2, 0.25) is 0 Å². The number of hydrogen-bond donors (Lipinski definition) is 1. The summed E-state index contributed by atoms with van der Waals surface area (Å²) in [4.78, 5) is 9.01. The van der Waals surface area contributed by atoms with E-state index in [0.29, 0.717) is 6.54 Å². The van der Waals surface area contributed by atoms with E-state index in [9.17, 15) is 0 Å². The Labute approximate surface area is 135 Å². The smallest absolute Gasteiger partial charge is 0.193 e. The number of aliphatic imine (C=N–C) groups is 1. The average molecular weight is 302 g/mol. The lowest BCUT2D eigenvalue weighted by atomic mass is 10.2. The van der Waals surface area contributed by atoms with Gasteiger partial charge in [0.05, 0.1) is 6.54 Å². The van der Waals surface area contributed by atoms with E-state index in [1.165, 1.54) is 11.3 Å². The molecule has 1 aromatic rings. The molecular weight excluding hydrogens is 272 g/mol. The maximum atomic E-state index is 4.73. The number of benzene rings is 1. The first kappa shape index (κ1) is 18.1. The molecule has 0 atom stereocenters. The largest absolute Gasteiger partial charge is 0.378 e. The van der Waals surface area contributed by atoms with Gasteiger partial charge in [0.25, 0.3) is 0 Å². The number of nitrogens with zero attached hydrogens (tertiary/aromatic N) is 3. The first-order valence-electron chi connectivity index (χ1n) is 7.95. The molecule has 0 radical (unpaired) electrons. The molecule has 4 nitrogen and oxygen atoms in total. The molecule has 1 rings (SSSR count). The van der Waals surface area contributed by atoms with Crippen LogP contribution in [0.3, 0.4) is 0 Å².